The van der Waals surface area contributed by atoms with E-state index in [-0.39, 0.29) is 11.9 Å². The van der Waals surface area contributed by atoms with Gasteiger partial charge in [-0.25, -0.2) is 8.42 Å². The van der Waals surface area contributed by atoms with E-state index in [1.807, 2.05) is 18.2 Å². The highest BCUT2D eigenvalue weighted by molar-refractivity contribution is 7.92. The average molecular weight is 391 g/mol. The molecule has 4 rings (SSSR count). The second-order valence-electron chi connectivity index (χ2n) is 7.32. The zero-order valence-corrected chi connectivity index (χ0v) is 16.2. The van der Waals surface area contributed by atoms with Gasteiger partial charge in [0.2, 0.25) is 10.0 Å². The van der Waals surface area contributed by atoms with Crippen LogP contribution >= 0.6 is 0 Å². The fourth-order valence-corrected chi connectivity index (χ4v) is 5.19. The van der Waals surface area contributed by atoms with Gasteiger partial charge in [-0.05, 0) is 44.2 Å². The number of nitrogens with zero attached hydrogens (tertiary/aromatic N) is 3. The smallest absolute Gasteiger partial charge is 0.235 e. The normalized spacial score (nSPS) is 20.7. The Kier molecular flexibility index (Phi) is 5.45. The number of rotatable bonds is 5. The highest BCUT2D eigenvalue weighted by atomic mass is 32.2. The lowest BCUT2D eigenvalue weighted by Gasteiger charge is -2.23. The molecule has 27 heavy (non-hydrogen) atoms. The van der Waals surface area contributed by atoms with E-state index in [9.17, 15) is 8.42 Å². The van der Waals surface area contributed by atoms with Crippen molar-refractivity contribution < 1.29 is 13.2 Å². The largest absolute Gasteiger partial charge is 0.377 e. The van der Waals surface area contributed by atoms with Crippen LogP contribution in [0.4, 0.5) is 5.69 Å². The number of fused-ring (bicyclic) bond motifs is 1. The Morgan fingerprint density at radius 1 is 1.11 bits per heavy atom. The van der Waals surface area contributed by atoms with Crippen LogP contribution in [0.1, 0.15) is 44.3 Å². The van der Waals surface area contributed by atoms with E-state index in [4.69, 9.17) is 4.74 Å². The van der Waals surface area contributed by atoms with E-state index in [1.165, 1.54) is 6.42 Å². The number of anilines is 1. The number of hydrogen-bond donors (Lipinski definition) is 1. The van der Waals surface area contributed by atoms with E-state index in [0.717, 1.165) is 62.3 Å². The van der Waals surface area contributed by atoms with Crippen molar-refractivity contribution in [1.29, 1.82) is 0 Å². The Bertz CT molecular complexity index is 888. The molecular formula is C19H26N4O3S. The molecule has 0 spiro atoms. The van der Waals surface area contributed by atoms with Gasteiger partial charge >= 0.3 is 0 Å². The predicted molar refractivity (Wildman–Crippen MR) is 104 cm³/mol. The van der Waals surface area contributed by atoms with Crippen molar-refractivity contribution in [2.24, 2.45) is 0 Å². The third-order valence-electron chi connectivity index (χ3n) is 5.22. The zero-order valence-electron chi connectivity index (χ0n) is 15.4. The van der Waals surface area contributed by atoms with E-state index >= 15 is 0 Å². The van der Waals surface area contributed by atoms with Crippen LogP contribution in [0.5, 0.6) is 0 Å². The topological polar surface area (TPSA) is 86.1 Å². The number of aromatic nitrogens is 3. The zero-order chi connectivity index (χ0) is 18.7. The monoisotopic (exact) mass is 390 g/mol. The van der Waals surface area contributed by atoms with E-state index in [1.54, 1.807) is 6.07 Å². The molecule has 1 fully saturated rings. The van der Waals surface area contributed by atoms with Gasteiger partial charge in [0.05, 0.1) is 17.5 Å². The summed E-state index contributed by atoms with van der Waals surface area (Å²) in [5.74, 6) is 1.70. The van der Waals surface area contributed by atoms with Gasteiger partial charge in [0, 0.05) is 25.1 Å². The summed E-state index contributed by atoms with van der Waals surface area (Å²) in [6.07, 6.45) is 6.89. The maximum Gasteiger partial charge on any atom is 0.235 e. The van der Waals surface area contributed by atoms with Gasteiger partial charge in [0.1, 0.15) is 5.82 Å². The van der Waals surface area contributed by atoms with E-state index in [2.05, 4.69) is 19.5 Å². The molecule has 1 unspecified atom stereocenters. The summed E-state index contributed by atoms with van der Waals surface area (Å²) in [5.41, 5.74) is 1.32. The molecule has 7 nitrogen and oxygen atoms in total. The Hall–Kier alpha value is -1.93. The molecule has 3 heterocycles. The summed E-state index contributed by atoms with van der Waals surface area (Å²) < 4.78 is 35.9. The first kappa shape index (κ1) is 18.4. The Labute approximate surface area is 160 Å². The lowest BCUT2D eigenvalue weighted by molar-refractivity contribution is 0.0306. The lowest BCUT2D eigenvalue weighted by Crippen LogP contribution is -2.31. The molecule has 0 bridgehead atoms. The van der Waals surface area contributed by atoms with Crippen LogP contribution in [0.3, 0.4) is 0 Å². The van der Waals surface area contributed by atoms with Gasteiger partial charge in [-0.1, -0.05) is 18.6 Å². The third-order valence-corrected chi connectivity index (χ3v) is 6.56. The fourth-order valence-electron chi connectivity index (χ4n) is 3.84. The lowest BCUT2D eigenvalue weighted by atomic mass is 10.1. The Morgan fingerprint density at radius 3 is 2.85 bits per heavy atom. The number of para-hydroxylation sites is 1. The van der Waals surface area contributed by atoms with Crippen LogP contribution in [-0.2, 0) is 27.7 Å². The van der Waals surface area contributed by atoms with Gasteiger partial charge in [-0.15, -0.1) is 10.2 Å². The SMILES string of the molecule is O=S(=O)(CC1CCCCO1)Nc1ccccc1-c1nnc2n1CCCCC2. The molecule has 0 radical (unpaired) electrons. The summed E-state index contributed by atoms with van der Waals surface area (Å²) >= 11 is 0. The molecule has 0 aliphatic carbocycles. The van der Waals surface area contributed by atoms with Gasteiger partial charge in [-0.2, -0.15) is 0 Å². The Morgan fingerprint density at radius 2 is 2.00 bits per heavy atom. The first-order valence-electron chi connectivity index (χ1n) is 9.76. The van der Waals surface area contributed by atoms with E-state index < -0.39 is 10.0 Å². The van der Waals surface area contributed by atoms with Crippen LogP contribution in [0.25, 0.3) is 11.4 Å². The van der Waals surface area contributed by atoms with Crippen LogP contribution in [0, 0.1) is 0 Å². The minimum atomic E-state index is -3.51. The molecule has 0 saturated carbocycles. The molecule has 1 aromatic carbocycles. The molecule has 2 aromatic rings. The van der Waals surface area contributed by atoms with Crippen molar-refractivity contribution >= 4 is 15.7 Å². The molecule has 1 atom stereocenters. The van der Waals surface area contributed by atoms with Crippen LogP contribution in [0.2, 0.25) is 0 Å². The molecule has 2 aliphatic heterocycles. The van der Waals surface area contributed by atoms with Crippen LogP contribution in [0.15, 0.2) is 24.3 Å². The molecule has 2 aliphatic rings. The minimum Gasteiger partial charge on any atom is -0.377 e. The van der Waals surface area contributed by atoms with Gasteiger partial charge < -0.3 is 9.30 Å². The van der Waals surface area contributed by atoms with Crippen molar-refractivity contribution in [3.8, 4) is 11.4 Å². The first-order valence-corrected chi connectivity index (χ1v) is 11.4. The number of nitrogens with one attached hydrogen (secondary N) is 1. The highest BCUT2D eigenvalue weighted by Crippen LogP contribution is 2.30. The summed E-state index contributed by atoms with van der Waals surface area (Å²) in [6.45, 7) is 1.51. The molecule has 1 aromatic heterocycles. The summed E-state index contributed by atoms with van der Waals surface area (Å²) in [4.78, 5) is 0. The number of hydrogen-bond acceptors (Lipinski definition) is 5. The van der Waals surface area contributed by atoms with Crippen molar-refractivity contribution in [3.63, 3.8) is 0 Å². The first-order chi connectivity index (χ1) is 13.1. The number of aryl methyl sites for hydroxylation is 1. The number of benzene rings is 1. The summed E-state index contributed by atoms with van der Waals surface area (Å²) in [5, 5.41) is 8.71. The molecule has 0 amide bonds. The molecular weight excluding hydrogens is 364 g/mol. The number of ether oxygens (including phenoxy) is 1. The van der Waals surface area contributed by atoms with Gasteiger partial charge in [-0.3, -0.25) is 4.72 Å². The fraction of sp³-hybridized carbons (Fsp3) is 0.579. The van der Waals surface area contributed by atoms with Gasteiger partial charge in [0.15, 0.2) is 5.82 Å². The molecule has 1 saturated heterocycles. The van der Waals surface area contributed by atoms with E-state index in [0.29, 0.717) is 12.3 Å². The van der Waals surface area contributed by atoms with Crippen molar-refractivity contribution in [2.45, 2.75) is 57.6 Å². The molecule has 1 N–H and O–H groups in total. The standard InChI is InChI=1S/C19H26N4O3S/c24-27(25,14-15-8-5-7-13-26-15)22-17-10-4-3-9-16(17)19-21-20-18-11-2-1-6-12-23(18)19/h3-4,9-10,15,22H,1-2,5-8,11-14H2. The minimum absolute atomic E-state index is 0.0146. The van der Waals surface area contributed by atoms with Crippen LogP contribution < -0.4 is 4.72 Å². The average Bonchev–Trinajstić information content (AvgIpc) is 2.90. The molecule has 146 valence electrons. The quantitative estimate of drug-likeness (QED) is 0.848. The van der Waals surface area contributed by atoms with Crippen molar-refractivity contribution in [1.82, 2.24) is 14.8 Å². The van der Waals surface area contributed by atoms with Crippen molar-refractivity contribution in [3.05, 3.63) is 30.1 Å². The molecule has 8 heteroatoms. The maximum atomic E-state index is 12.7. The maximum absolute atomic E-state index is 12.7. The predicted octanol–water partition coefficient (Wildman–Crippen LogP) is 2.98. The van der Waals surface area contributed by atoms with Crippen LogP contribution in [-0.4, -0.2) is 41.6 Å². The Balaban J connectivity index is 1.59. The third kappa shape index (κ3) is 4.32. The van der Waals surface area contributed by atoms with Gasteiger partial charge in [0.25, 0.3) is 0 Å². The second-order valence-corrected chi connectivity index (χ2v) is 9.09. The summed E-state index contributed by atoms with van der Waals surface area (Å²) in [7, 11) is -3.51. The summed E-state index contributed by atoms with van der Waals surface area (Å²) in [6, 6.07) is 7.41. The van der Waals surface area contributed by atoms with Crippen molar-refractivity contribution in [2.75, 3.05) is 17.1 Å². The number of sulfonamides is 1. The second kappa shape index (κ2) is 7.98. The highest BCUT2D eigenvalue weighted by Gasteiger charge is 2.24.